The summed E-state index contributed by atoms with van der Waals surface area (Å²) < 4.78 is 1.21. The first-order valence-electron chi connectivity index (χ1n) is 8.29. The molecule has 2 heterocycles. The molecule has 1 aromatic heterocycles. The molecule has 1 unspecified atom stereocenters. The lowest BCUT2D eigenvalue weighted by Gasteiger charge is -2.25. The average Bonchev–Trinajstić information content (AvgIpc) is 2.90. The van der Waals surface area contributed by atoms with E-state index in [-0.39, 0.29) is 0 Å². The van der Waals surface area contributed by atoms with Crippen molar-refractivity contribution in [2.75, 3.05) is 5.33 Å². The van der Waals surface area contributed by atoms with Crippen LogP contribution >= 0.6 is 55.0 Å². The van der Waals surface area contributed by atoms with Gasteiger partial charge in [-0.3, -0.25) is 0 Å². The van der Waals surface area contributed by atoms with E-state index in [0.717, 1.165) is 11.8 Å². The molecule has 0 N–H and O–H groups in total. The Bertz CT molecular complexity index is 617. The van der Waals surface area contributed by atoms with Crippen LogP contribution in [-0.2, 0) is 6.42 Å². The SMILES string of the molecule is CCCCCCc1nc(C2=C(C)C(C)C(C)=C(CBr)S2)sc1Br. The number of halogens is 2. The van der Waals surface area contributed by atoms with Gasteiger partial charge in [0.25, 0.3) is 0 Å². The molecule has 128 valence electrons. The van der Waals surface area contributed by atoms with Gasteiger partial charge in [0, 0.05) is 10.2 Å². The number of hydrogen-bond acceptors (Lipinski definition) is 3. The average molecular weight is 479 g/mol. The van der Waals surface area contributed by atoms with Gasteiger partial charge in [-0.2, -0.15) is 0 Å². The highest BCUT2D eigenvalue weighted by atomic mass is 79.9. The highest BCUT2D eigenvalue weighted by Crippen LogP contribution is 2.48. The molecular weight excluding hydrogens is 454 g/mol. The number of nitrogens with zero attached hydrogens (tertiary/aromatic N) is 1. The number of thioether (sulfide) groups is 1. The van der Waals surface area contributed by atoms with Crippen molar-refractivity contribution < 1.29 is 0 Å². The summed E-state index contributed by atoms with van der Waals surface area (Å²) in [5.41, 5.74) is 4.18. The predicted molar refractivity (Wildman–Crippen MR) is 114 cm³/mol. The first kappa shape index (κ1) is 19.7. The fourth-order valence-electron chi connectivity index (χ4n) is 2.70. The van der Waals surface area contributed by atoms with Gasteiger partial charge < -0.3 is 0 Å². The molecule has 0 spiro atoms. The van der Waals surface area contributed by atoms with E-state index in [1.807, 2.05) is 11.8 Å². The molecule has 0 fully saturated rings. The van der Waals surface area contributed by atoms with Gasteiger partial charge in [0.1, 0.15) is 5.01 Å². The van der Waals surface area contributed by atoms with Gasteiger partial charge in [0.05, 0.1) is 9.48 Å². The van der Waals surface area contributed by atoms with Gasteiger partial charge in [-0.15, -0.1) is 11.3 Å². The minimum Gasteiger partial charge on any atom is -0.239 e. The minimum absolute atomic E-state index is 0.509. The Labute approximate surface area is 165 Å². The number of rotatable bonds is 7. The van der Waals surface area contributed by atoms with Crippen LogP contribution in [0.1, 0.15) is 64.1 Å². The van der Waals surface area contributed by atoms with Crippen molar-refractivity contribution in [1.82, 2.24) is 4.98 Å². The molecule has 1 aliphatic heterocycles. The molecule has 1 aliphatic rings. The van der Waals surface area contributed by atoms with Crippen molar-refractivity contribution in [3.8, 4) is 0 Å². The molecule has 1 nitrogen and oxygen atoms in total. The van der Waals surface area contributed by atoms with Crippen LogP contribution in [0.2, 0.25) is 0 Å². The van der Waals surface area contributed by atoms with Crippen LogP contribution in [0.3, 0.4) is 0 Å². The number of unbranched alkanes of at least 4 members (excludes halogenated alkanes) is 3. The highest BCUT2D eigenvalue weighted by molar-refractivity contribution is 9.11. The van der Waals surface area contributed by atoms with Crippen LogP contribution in [0.5, 0.6) is 0 Å². The van der Waals surface area contributed by atoms with E-state index in [4.69, 9.17) is 4.98 Å². The Morgan fingerprint density at radius 1 is 1.13 bits per heavy atom. The van der Waals surface area contributed by atoms with Crippen molar-refractivity contribution >= 4 is 59.9 Å². The Kier molecular flexibility index (Phi) is 7.90. The third kappa shape index (κ3) is 4.74. The molecule has 0 bridgehead atoms. The van der Waals surface area contributed by atoms with E-state index in [9.17, 15) is 0 Å². The van der Waals surface area contributed by atoms with Gasteiger partial charge in [-0.25, -0.2) is 4.98 Å². The maximum atomic E-state index is 4.96. The lowest BCUT2D eigenvalue weighted by atomic mass is 9.94. The van der Waals surface area contributed by atoms with Crippen molar-refractivity contribution in [3.63, 3.8) is 0 Å². The Balaban J connectivity index is 2.19. The topological polar surface area (TPSA) is 12.9 Å². The first-order valence-corrected chi connectivity index (χ1v) is 11.8. The van der Waals surface area contributed by atoms with Crippen molar-refractivity contribution in [2.45, 2.75) is 59.8 Å². The highest BCUT2D eigenvalue weighted by Gasteiger charge is 2.25. The number of allylic oxidation sites excluding steroid dienone is 3. The van der Waals surface area contributed by atoms with E-state index in [1.165, 1.54) is 61.1 Å². The third-order valence-electron chi connectivity index (χ3n) is 4.55. The number of aryl methyl sites for hydroxylation is 1. The molecule has 0 radical (unpaired) electrons. The standard InChI is InChI=1S/C18H25Br2NS2/c1-5-6-7-8-9-14-17(20)23-18(21-14)16-13(4)11(2)12(3)15(10-19)22-16/h11H,5-10H2,1-4H3. The van der Waals surface area contributed by atoms with E-state index in [0.29, 0.717) is 5.92 Å². The molecular formula is C18H25Br2NS2. The van der Waals surface area contributed by atoms with E-state index in [2.05, 4.69) is 59.6 Å². The zero-order valence-corrected chi connectivity index (χ0v) is 19.1. The van der Waals surface area contributed by atoms with Crippen LogP contribution in [0, 0.1) is 5.92 Å². The molecule has 1 aromatic rings. The molecule has 0 aliphatic carbocycles. The number of aromatic nitrogens is 1. The van der Waals surface area contributed by atoms with Crippen LogP contribution in [0.25, 0.3) is 4.91 Å². The maximum absolute atomic E-state index is 4.96. The van der Waals surface area contributed by atoms with E-state index < -0.39 is 0 Å². The molecule has 0 aromatic carbocycles. The largest absolute Gasteiger partial charge is 0.239 e. The summed E-state index contributed by atoms with van der Waals surface area (Å²) in [7, 11) is 0. The summed E-state index contributed by atoms with van der Waals surface area (Å²) >= 11 is 11.1. The zero-order chi connectivity index (χ0) is 17.0. The quantitative estimate of drug-likeness (QED) is 0.292. The van der Waals surface area contributed by atoms with E-state index in [1.54, 1.807) is 11.3 Å². The summed E-state index contributed by atoms with van der Waals surface area (Å²) in [4.78, 5) is 7.77. The minimum atomic E-state index is 0.509. The van der Waals surface area contributed by atoms with Gasteiger partial charge in [-0.1, -0.05) is 66.4 Å². The normalized spacial score (nSPS) is 19.0. The van der Waals surface area contributed by atoms with Gasteiger partial charge in [0.15, 0.2) is 0 Å². The third-order valence-corrected chi connectivity index (χ3v) is 8.89. The molecule has 23 heavy (non-hydrogen) atoms. The molecule has 0 amide bonds. The molecule has 2 rings (SSSR count). The molecule has 1 atom stereocenters. The van der Waals surface area contributed by atoms with Crippen LogP contribution in [0.15, 0.2) is 19.8 Å². The lowest BCUT2D eigenvalue weighted by molar-refractivity contribution is 0.661. The predicted octanol–water partition coefficient (Wildman–Crippen LogP) is 7.81. The summed E-state index contributed by atoms with van der Waals surface area (Å²) in [6.07, 6.45) is 6.24. The monoisotopic (exact) mass is 477 g/mol. The number of thiazole rings is 1. The van der Waals surface area contributed by atoms with Crippen LogP contribution < -0.4 is 0 Å². The summed E-state index contributed by atoms with van der Waals surface area (Å²) in [5, 5.41) is 2.11. The van der Waals surface area contributed by atoms with Crippen LogP contribution in [0.4, 0.5) is 0 Å². The second-order valence-electron chi connectivity index (χ2n) is 6.13. The van der Waals surface area contributed by atoms with Crippen LogP contribution in [-0.4, -0.2) is 10.3 Å². The fraction of sp³-hybridized carbons (Fsp3) is 0.611. The van der Waals surface area contributed by atoms with Crippen molar-refractivity contribution in [2.24, 2.45) is 5.92 Å². The van der Waals surface area contributed by atoms with Gasteiger partial charge >= 0.3 is 0 Å². The van der Waals surface area contributed by atoms with E-state index >= 15 is 0 Å². The molecule has 5 heteroatoms. The maximum Gasteiger partial charge on any atom is 0.131 e. The summed E-state index contributed by atoms with van der Waals surface area (Å²) in [6.45, 7) is 9.08. The van der Waals surface area contributed by atoms with Crippen molar-refractivity contribution in [3.05, 3.63) is 30.5 Å². The Morgan fingerprint density at radius 3 is 2.52 bits per heavy atom. The molecule has 0 saturated carbocycles. The lowest BCUT2D eigenvalue weighted by Crippen LogP contribution is -2.08. The zero-order valence-electron chi connectivity index (χ0n) is 14.3. The van der Waals surface area contributed by atoms with Crippen molar-refractivity contribution in [1.29, 1.82) is 0 Å². The fourth-order valence-corrected chi connectivity index (χ4v) is 6.43. The number of alkyl halides is 1. The summed E-state index contributed by atoms with van der Waals surface area (Å²) in [5.74, 6) is 0.509. The van der Waals surface area contributed by atoms with Gasteiger partial charge in [0.2, 0.25) is 0 Å². The summed E-state index contributed by atoms with van der Waals surface area (Å²) in [6, 6.07) is 0. The Morgan fingerprint density at radius 2 is 1.87 bits per heavy atom. The Hall–Kier alpha value is 0.420. The molecule has 0 saturated heterocycles. The smallest absolute Gasteiger partial charge is 0.131 e. The number of hydrogen-bond donors (Lipinski definition) is 0. The second-order valence-corrected chi connectivity index (χ2v) is 10.1. The second kappa shape index (κ2) is 9.21. The first-order chi connectivity index (χ1) is 11.0. The van der Waals surface area contributed by atoms with Gasteiger partial charge in [-0.05, 0) is 59.0 Å².